The van der Waals surface area contributed by atoms with Crippen LogP contribution in [0.3, 0.4) is 0 Å². The summed E-state index contributed by atoms with van der Waals surface area (Å²) in [5, 5.41) is 4.28. The van der Waals surface area contributed by atoms with Crippen molar-refractivity contribution < 1.29 is 13.9 Å². The Hall–Kier alpha value is -2.73. The van der Waals surface area contributed by atoms with Gasteiger partial charge in [0, 0.05) is 24.5 Å². The molecule has 0 aliphatic carbocycles. The fraction of sp³-hybridized carbons (Fsp3) is 0.235. The zero-order chi connectivity index (χ0) is 16.1. The molecule has 0 aromatic carbocycles. The average molecular weight is 311 g/mol. The second-order valence-electron chi connectivity index (χ2n) is 4.96. The van der Waals surface area contributed by atoms with Crippen LogP contribution in [0.1, 0.15) is 28.8 Å². The van der Waals surface area contributed by atoms with Gasteiger partial charge in [-0.15, -0.1) is 0 Å². The first-order valence-electron chi connectivity index (χ1n) is 7.39. The molecule has 0 atom stereocenters. The molecule has 3 aromatic heterocycles. The minimum absolute atomic E-state index is 0.301. The molecule has 6 heteroatoms. The zero-order valence-electron chi connectivity index (χ0n) is 12.8. The number of carbonyl (C=O) groups is 1. The lowest BCUT2D eigenvalue weighted by Gasteiger charge is -2.10. The number of nitrogens with zero attached hydrogens (tertiary/aromatic N) is 3. The monoisotopic (exact) mass is 311 g/mol. The van der Waals surface area contributed by atoms with Crippen LogP contribution in [-0.4, -0.2) is 21.1 Å². The number of aryl methyl sites for hydroxylation is 1. The van der Waals surface area contributed by atoms with E-state index in [1.54, 1.807) is 24.5 Å². The summed E-state index contributed by atoms with van der Waals surface area (Å²) in [5.41, 5.74) is 2.80. The molecule has 6 nitrogen and oxygen atoms in total. The van der Waals surface area contributed by atoms with E-state index in [2.05, 4.69) is 10.1 Å². The van der Waals surface area contributed by atoms with Crippen molar-refractivity contribution in [1.29, 1.82) is 0 Å². The number of hydrogen-bond acceptors (Lipinski definition) is 5. The Labute approximate surface area is 133 Å². The van der Waals surface area contributed by atoms with Gasteiger partial charge in [0.25, 0.3) is 0 Å². The van der Waals surface area contributed by atoms with E-state index in [9.17, 15) is 4.79 Å². The highest BCUT2D eigenvalue weighted by Crippen LogP contribution is 2.22. The van der Waals surface area contributed by atoms with Crippen LogP contribution in [0.25, 0.3) is 11.4 Å². The van der Waals surface area contributed by atoms with Crippen LogP contribution in [0, 0.1) is 0 Å². The normalized spacial score (nSPS) is 10.8. The lowest BCUT2D eigenvalue weighted by atomic mass is 10.1. The molecule has 0 spiro atoms. The van der Waals surface area contributed by atoms with Gasteiger partial charge in [-0.3, -0.25) is 14.5 Å². The van der Waals surface area contributed by atoms with Crippen molar-refractivity contribution in [2.75, 3.05) is 0 Å². The fourth-order valence-corrected chi connectivity index (χ4v) is 2.37. The zero-order valence-corrected chi connectivity index (χ0v) is 12.8. The van der Waals surface area contributed by atoms with E-state index >= 15 is 0 Å². The second kappa shape index (κ2) is 7.02. The maximum Gasteiger partial charge on any atom is 0.185 e. The lowest BCUT2D eigenvalue weighted by Crippen LogP contribution is -2.03. The van der Waals surface area contributed by atoms with Gasteiger partial charge in [0.1, 0.15) is 12.4 Å². The molecule has 3 heterocycles. The number of aldehydes is 1. The van der Waals surface area contributed by atoms with Crippen molar-refractivity contribution in [3.63, 3.8) is 0 Å². The molecule has 0 aliphatic rings. The fourth-order valence-electron chi connectivity index (χ4n) is 2.37. The maximum absolute atomic E-state index is 10.6. The molecule has 0 radical (unpaired) electrons. The van der Waals surface area contributed by atoms with E-state index in [1.165, 1.54) is 0 Å². The Kier molecular flexibility index (Phi) is 4.63. The molecule has 0 saturated heterocycles. The molecule has 0 aliphatic heterocycles. The summed E-state index contributed by atoms with van der Waals surface area (Å²) in [5.74, 6) is 0.925. The Bertz CT molecular complexity index is 792. The number of ether oxygens (including phenoxy) is 1. The predicted octanol–water partition coefficient (Wildman–Crippen LogP) is 3.09. The van der Waals surface area contributed by atoms with Crippen LogP contribution in [-0.2, 0) is 24.5 Å². The van der Waals surface area contributed by atoms with E-state index in [0.717, 1.165) is 23.5 Å². The van der Waals surface area contributed by atoms with E-state index in [1.807, 2.05) is 29.8 Å². The molecule has 0 unspecified atom stereocenters. The molecule has 118 valence electrons. The van der Waals surface area contributed by atoms with E-state index < -0.39 is 0 Å². The van der Waals surface area contributed by atoms with Crippen molar-refractivity contribution in [2.45, 2.75) is 26.7 Å². The number of pyridine rings is 1. The number of furan rings is 1. The molecule has 3 rings (SSSR count). The average Bonchev–Trinajstić information content (AvgIpc) is 3.24. The van der Waals surface area contributed by atoms with Crippen molar-refractivity contribution in [3.05, 3.63) is 59.8 Å². The third-order valence-corrected chi connectivity index (χ3v) is 3.45. The van der Waals surface area contributed by atoms with Gasteiger partial charge in [0.05, 0.1) is 18.0 Å². The van der Waals surface area contributed by atoms with Gasteiger partial charge < -0.3 is 9.15 Å². The van der Waals surface area contributed by atoms with Gasteiger partial charge in [-0.1, -0.05) is 6.07 Å². The molecule has 0 amide bonds. The SMILES string of the molecule is CCn1nccc1-c1ncccc1COCc1ccc(C=O)o1. The predicted molar refractivity (Wildman–Crippen MR) is 83.7 cm³/mol. The molecule has 3 aromatic rings. The first-order valence-corrected chi connectivity index (χ1v) is 7.39. The van der Waals surface area contributed by atoms with Gasteiger partial charge in [0.2, 0.25) is 0 Å². The van der Waals surface area contributed by atoms with E-state index in [4.69, 9.17) is 9.15 Å². The minimum Gasteiger partial charge on any atom is -0.456 e. The van der Waals surface area contributed by atoms with Crippen molar-refractivity contribution >= 4 is 6.29 Å². The van der Waals surface area contributed by atoms with Crippen molar-refractivity contribution in [1.82, 2.24) is 14.8 Å². The van der Waals surface area contributed by atoms with E-state index in [-0.39, 0.29) is 0 Å². The Morgan fingerprint density at radius 2 is 2.13 bits per heavy atom. The van der Waals surface area contributed by atoms with Crippen LogP contribution in [0.4, 0.5) is 0 Å². The van der Waals surface area contributed by atoms with Crippen LogP contribution in [0.2, 0.25) is 0 Å². The standard InChI is InChI=1S/C17H17N3O3/c1-2-20-16(7-9-19-20)17-13(4-3-8-18-17)11-22-12-15-6-5-14(10-21)23-15/h3-10H,2,11-12H2,1H3. The molecule has 0 N–H and O–H groups in total. The molecule has 23 heavy (non-hydrogen) atoms. The lowest BCUT2D eigenvalue weighted by molar-refractivity contribution is 0.0908. The number of hydrogen-bond donors (Lipinski definition) is 0. The molecule has 0 fully saturated rings. The van der Waals surface area contributed by atoms with Gasteiger partial charge in [-0.05, 0) is 31.2 Å². The molecular formula is C17H17N3O3. The third kappa shape index (κ3) is 3.37. The Balaban J connectivity index is 1.72. The van der Waals surface area contributed by atoms with Crippen LogP contribution >= 0.6 is 0 Å². The van der Waals surface area contributed by atoms with E-state index in [0.29, 0.717) is 31.0 Å². The van der Waals surface area contributed by atoms with Crippen LogP contribution in [0.5, 0.6) is 0 Å². The van der Waals surface area contributed by atoms with Crippen molar-refractivity contribution in [2.24, 2.45) is 0 Å². The number of aromatic nitrogens is 3. The van der Waals surface area contributed by atoms with Crippen molar-refractivity contribution in [3.8, 4) is 11.4 Å². The molecular weight excluding hydrogens is 294 g/mol. The van der Waals surface area contributed by atoms with Gasteiger partial charge in [0.15, 0.2) is 12.0 Å². The quantitative estimate of drug-likeness (QED) is 0.627. The topological polar surface area (TPSA) is 70.2 Å². The first kappa shape index (κ1) is 15.2. The van der Waals surface area contributed by atoms with Gasteiger partial charge in [-0.2, -0.15) is 5.10 Å². The summed E-state index contributed by atoms with van der Waals surface area (Å²) in [6, 6.07) is 9.17. The number of rotatable bonds is 7. The molecule has 0 bridgehead atoms. The minimum atomic E-state index is 0.301. The summed E-state index contributed by atoms with van der Waals surface area (Å²) in [6.07, 6.45) is 4.20. The van der Waals surface area contributed by atoms with Gasteiger partial charge >= 0.3 is 0 Å². The Morgan fingerprint density at radius 3 is 2.91 bits per heavy atom. The summed E-state index contributed by atoms with van der Waals surface area (Å²) >= 11 is 0. The van der Waals surface area contributed by atoms with Gasteiger partial charge in [-0.25, -0.2) is 0 Å². The first-order chi connectivity index (χ1) is 11.3. The summed E-state index contributed by atoms with van der Waals surface area (Å²) < 4.78 is 12.9. The van der Waals surface area contributed by atoms with Crippen LogP contribution < -0.4 is 0 Å². The highest BCUT2D eigenvalue weighted by Gasteiger charge is 2.11. The van der Waals surface area contributed by atoms with Crippen LogP contribution in [0.15, 0.2) is 47.1 Å². The summed E-state index contributed by atoms with van der Waals surface area (Å²) in [6.45, 7) is 3.52. The highest BCUT2D eigenvalue weighted by atomic mass is 16.5. The second-order valence-corrected chi connectivity index (χ2v) is 4.96. The summed E-state index contributed by atoms with van der Waals surface area (Å²) in [7, 11) is 0. The Morgan fingerprint density at radius 1 is 1.22 bits per heavy atom. The third-order valence-electron chi connectivity index (χ3n) is 3.45. The maximum atomic E-state index is 10.6. The largest absolute Gasteiger partial charge is 0.456 e. The number of carbonyl (C=O) groups excluding carboxylic acids is 1. The highest BCUT2D eigenvalue weighted by molar-refractivity contribution is 5.70. The summed E-state index contributed by atoms with van der Waals surface area (Å²) in [4.78, 5) is 15.1. The molecule has 0 saturated carbocycles. The smallest absolute Gasteiger partial charge is 0.185 e.